The Morgan fingerprint density at radius 2 is 2.18 bits per heavy atom. The number of urea groups is 1. The zero-order chi connectivity index (χ0) is 8.27. The van der Waals surface area contributed by atoms with E-state index in [1.165, 1.54) is 6.20 Å². The Labute approximate surface area is 63.2 Å². The number of imide groups is 1. The third-order valence-corrected chi connectivity index (χ3v) is 1.13. The van der Waals surface area contributed by atoms with Gasteiger partial charge in [0.15, 0.2) is 0 Å². The predicted molar refractivity (Wildman–Crippen MR) is 38.9 cm³/mol. The Morgan fingerprint density at radius 3 is 2.73 bits per heavy atom. The minimum atomic E-state index is -0.517. The molecule has 1 saturated heterocycles. The summed E-state index contributed by atoms with van der Waals surface area (Å²) in [5.41, 5.74) is 0.466. The second-order valence-electron chi connectivity index (χ2n) is 2.02. The summed E-state index contributed by atoms with van der Waals surface area (Å²) in [5, 5.41) is 4.48. The highest BCUT2D eigenvalue weighted by atomic mass is 16.2. The van der Waals surface area contributed by atoms with Crippen LogP contribution in [0.15, 0.2) is 16.9 Å². The van der Waals surface area contributed by atoms with Gasteiger partial charge in [-0.05, 0) is 6.72 Å². The molecule has 0 aromatic rings. The predicted octanol–water partition coefficient (Wildman–Crippen LogP) is -0.242. The molecule has 1 rings (SSSR count). The standard InChI is InChI=1S/C6H7N3O2/c1-7-3-4-2-5(10)9-6(11)8-4/h3H,1-2H2,(H2,8,9,10,11)/b4-3+. The monoisotopic (exact) mass is 153 g/mol. The van der Waals surface area contributed by atoms with Gasteiger partial charge < -0.3 is 5.32 Å². The highest BCUT2D eigenvalue weighted by molar-refractivity contribution is 5.99. The van der Waals surface area contributed by atoms with E-state index in [9.17, 15) is 9.59 Å². The number of hydrogen-bond donors (Lipinski definition) is 2. The lowest BCUT2D eigenvalue weighted by molar-refractivity contribution is -0.119. The Balaban J connectivity index is 2.71. The third kappa shape index (κ3) is 1.89. The van der Waals surface area contributed by atoms with E-state index in [0.717, 1.165) is 0 Å². The van der Waals surface area contributed by atoms with E-state index in [2.05, 4.69) is 22.3 Å². The second-order valence-corrected chi connectivity index (χ2v) is 2.02. The van der Waals surface area contributed by atoms with E-state index in [1.54, 1.807) is 0 Å². The van der Waals surface area contributed by atoms with Crippen molar-refractivity contribution in [3.63, 3.8) is 0 Å². The van der Waals surface area contributed by atoms with Crippen LogP contribution in [0.3, 0.4) is 0 Å². The minimum absolute atomic E-state index is 0.144. The SMILES string of the molecule is C=N/C=C1\CC(=O)NC(=O)N1. The van der Waals surface area contributed by atoms with Crippen LogP contribution in [-0.2, 0) is 4.79 Å². The molecular formula is C6H7N3O2. The summed E-state index contributed by atoms with van der Waals surface area (Å²) in [5.74, 6) is -0.330. The summed E-state index contributed by atoms with van der Waals surface area (Å²) < 4.78 is 0. The van der Waals surface area contributed by atoms with Crippen LogP contribution in [0, 0.1) is 0 Å². The van der Waals surface area contributed by atoms with Crippen molar-refractivity contribution < 1.29 is 9.59 Å². The first-order valence-electron chi connectivity index (χ1n) is 2.98. The number of nitrogens with one attached hydrogen (secondary N) is 2. The molecule has 1 fully saturated rings. The molecule has 58 valence electrons. The molecule has 0 spiro atoms. The van der Waals surface area contributed by atoms with Crippen LogP contribution in [0.4, 0.5) is 4.79 Å². The molecule has 0 bridgehead atoms. The Hall–Kier alpha value is -1.65. The molecule has 11 heavy (non-hydrogen) atoms. The molecule has 1 aliphatic rings. The zero-order valence-electron chi connectivity index (χ0n) is 5.76. The molecule has 2 N–H and O–H groups in total. The normalized spacial score (nSPS) is 20.9. The number of aliphatic imine (C=N–C) groups is 1. The molecule has 3 amide bonds. The molecule has 0 aromatic heterocycles. The van der Waals surface area contributed by atoms with Crippen molar-refractivity contribution in [1.29, 1.82) is 0 Å². The van der Waals surface area contributed by atoms with Gasteiger partial charge in [0.05, 0.1) is 6.42 Å². The molecule has 0 atom stereocenters. The molecule has 5 nitrogen and oxygen atoms in total. The lowest BCUT2D eigenvalue weighted by Crippen LogP contribution is -2.44. The Bertz CT molecular complexity index is 226. The van der Waals surface area contributed by atoms with Crippen LogP contribution in [0.1, 0.15) is 6.42 Å². The van der Waals surface area contributed by atoms with Crippen molar-refractivity contribution in [3.05, 3.63) is 11.9 Å². The van der Waals surface area contributed by atoms with Gasteiger partial charge in [0, 0.05) is 11.9 Å². The van der Waals surface area contributed by atoms with Gasteiger partial charge in [-0.2, -0.15) is 0 Å². The maximum absolute atomic E-state index is 10.7. The van der Waals surface area contributed by atoms with Crippen molar-refractivity contribution in [2.45, 2.75) is 6.42 Å². The van der Waals surface area contributed by atoms with Crippen molar-refractivity contribution in [1.82, 2.24) is 10.6 Å². The summed E-state index contributed by atoms with van der Waals surface area (Å²) in [6, 6.07) is -0.517. The van der Waals surface area contributed by atoms with E-state index < -0.39 is 6.03 Å². The minimum Gasteiger partial charge on any atom is -0.309 e. The van der Waals surface area contributed by atoms with Crippen molar-refractivity contribution in [2.75, 3.05) is 0 Å². The topological polar surface area (TPSA) is 70.6 Å². The van der Waals surface area contributed by atoms with Gasteiger partial charge in [0.25, 0.3) is 0 Å². The highest BCUT2D eigenvalue weighted by Crippen LogP contribution is 2.01. The first kappa shape index (κ1) is 7.46. The molecule has 0 aromatic carbocycles. The van der Waals surface area contributed by atoms with Crippen molar-refractivity contribution in [2.24, 2.45) is 4.99 Å². The Morgan fingerprint density at radius 1 is 1.45 bits per heavy atom. The average molecular weight is 153 g/mol. The molecule has 5 heteroatoms. The average Bonchev–Trinajstić information content (AvgIpc) is 1.85. The van der Waals surface area contributed by atoms with Crippen molar-refractivity contribution in [3.8, 4) is 0 Å². The number of rotatable bonds is 1. The molecule has 1 aliphatic heterocycles. The van der Waals surface area contributed by atoms with Gasteiger partial charge in [0.2, 0.25) is 5.91 Å². The number of amides is 3. The number of hydrogen-bond acceptors (Lipinski definition) is 3. The van der Waals surface area contributed by atoms with Gasteiger partial charge >= 0.3 is 6.03 Å². The molecular weight excluding hydrogens is 146 g/mol. The number of carbonyl (C=O) groups is 2. The number of carbonyl (C=O) groups excluding carboxylic acids is 2. The summed E-state index contributed by atoms with van der Waals surface area (Å²) in [4.78, 5) is 24.7. The van der Waals surface area contributed by atoms with E-state index in [1.807, 2.05) is 0 Å². The smallest absolute Gasteiger partial charge is 0.309 e. The zero-order valence-corrected chi connectivity index (χ0v) is 5.76. The fourth-order valence-corrected chi connectivity index (χ4v) is 0.753. The second kappa shape index (κ2) is 2.96. The van der Waals surface area contributed by atoms with Gasteiger partial charge in [-0.3, -0.25) is 15.1 Å². The Kier molecular flexibility index (Phi) is 2.00. The van der Waals surface area contributed by atoms with Crippen LogP contribution in [0.25, 0.3) is 0 Å². The largest absolute Gasteiger partial charge is 0.325 e. The first-order valence-corrected chi connectivity index (χ1v) is 2.98. The van der Waals surface area contributed by atoms with Crippen LogP contribution in [0.5, 0.6) is 0 Å². The van der Waals surface area contributed by atoms with Crippen LogP contribution >= 0.6 is 0 Å². The maximum atomic E-state index is 10.7. The highest BCUT2D eigenvalue weighted by Gasteiger charge is 2.17. The van der Waals surface area contributed by atoms with Gasteiger partial charge in [0.1, 0.15) is 0 Å². The van der Waals surface area contributed by atoms with E-state index in [0.29, 0.717) is 5.70 Å². The number of nitrogens with zero attached hydrogens (tertiary/aromatic N) is 1. The molecule has 1 heterocycles. The fourth-order valence-electron chi connectivity index (χ4n) is 0.753. The first-order chi connectivity index (χ1) is 5.22. The molecule has 0 saturated carbocycles. The molecule has 0 unspecified atom stereocenters. The summed E-state index contributed by atoms with van der Waals surface area (Å²) in [6.45, 7) is 3.20. The van der Waals surface area contributed by atoms with E-state index in [-0.39, 0.29) is 12.3 Å². The summed E-state index contributed by atoms with van der Waals surface area (Å²) >= 11 is 0. The van der Waals surface area contributed by atoms with E-state index in [4.69, 9.17) is 0 Å². The third-order valence-electron chi connectivity index (χ3n) is 1.13. The molecule has 0 radical (unpaired) electrons. The summed E-state index contributed by atoms with van der Waals surface area (Å²) in [6.07, 6.45) is 1.49. The van der Waals surface area contributed by atoms with Crippen LogP contribution in [-0.4, -0.2) is 18.7 Å². The van der Waals surface area contributed by atoms with Gasteiger partial charge in [-0.15, -0.1) is 0 Å². The van der Waals surface area contributed by atoms with Gasteiger partial charge in [-0.25, -0.2) is 4.79 Å². The molecule has 0 aliphatic carbocycles. The van der Waals surface area contributed by atoms with Crippen molar-refractivity contribution >= 4 is 18.7 Å². The summed E-state index contributed by atoms with van der Waals surface area (Å²) in [7, 11) is 0. The quantitative estimate of drug-likeness (QED) is 0.510. The van der Waals surface area contributed by atoms with Crippen LogP contribution in [0.2, 0.25) is 0 Å². The fraction of sp³-hybridized carbons (Fsp3) is 0.167. The lowest BCUT2D eigenvalue weighted by Gasteiger charge is -2.14. The lowest BCUT2D eigenvalue weighted by atomic mass is 10.3. The maximum Gasteiger partial charge on any atom is 0.325 e. The van der Waals surface area contributed by atoms with E-state index >= 15 is 0 Å². The van der Waals surface area contributed by atoms with Crippen LogP contribution < -0.4 is 10.6 Å². The van der Waals surface area contributed by atoms with Gasteiger partial charge in [-0.1, -0.05) is 0 Å².